The molecule has 3 rings (SSSR count). The van der Waals surface area contributed by atoms with Gasteiger partial charge in [-0.2, -0.15) is 0 Å². The first-order valence-corrected chi connectivity index (χ1v) is 9.17. The second-order valence-corrected chi connectivity index (χ2v) is 6.84. The van der Waals surface area contributed by atoms with Crippen LogP contribution in [0.15, 0.2) is 24.3 Å². The highest BCUT2D eigenvalue weighted by Gasteiger charge is 2.52. The Kier molecular flexibility index (Phi) is 5.65. The van der Waals surface area contributed by atoms with Gasteiger partial charge in [0.25, 0.3) is 5.91 Å². The molecule has 2 fully saturated rings. The number of carbonyl (C=O) groups is 3. The van der Waals surface area contributed by atoms with Gasteiger partial charge in [-0.1, -0.05) is 12.8 Å². The minimum Gasteiger partial charge on any atom is -0.491 e. The van der Waals surface area contributed by atoms with Crippen molar-refractivity contribution in [2.24, 2.45) is 0 Å². The Balaban J connectivity index is 1.51. The maximum Gasteiger partial charge on any atom is 0.338 e. The Labute approximate surface area is 157 Å². The van der Waals surface area contributed by atoms with Crippen LogP contribution in [0.1, 0.15) is 43.0 Å². The molecule has 1 saturated heterocycles. The number of rotatable bonds is 7. The lowest BCUT2D eigenvalue weighted by molar-refractivity contribution is -0.132. The van der Waals surface area contributed by atoms with Crippen LogP contribution in [0.3, 0.4) is 0 Å². The van der Waals surface area contributed by atoms with E-state index >= 15 is 0 Å². The number of nitrogens with one attached hydrogen (secondary N) is 1. The van der Waals surface area contributed by atoms with Crippen molar-refractivity contribution in [2.75, 3.05) is 19.8 Å². The van der Waals surface area contributed by atoms with E-state index in [2.05, 4.69) is 5.32 Å². The van der Waals surface area contributed by atoms with Crippen molar-refractivity contribution >= 4 is 17.9 Å². The van der Waals surface area contributed by atoms with Gasteiger partial charge in [-0.3, -0.25) is 9.69 Å². The quantitative estimate of drug-likeness (QED) is 0.551. The van der Waals surface area contributed by atoms with Crippen LogP contribution in [0.25, 0.3) is 0 Å². The zero-order valence-corrected chi connectivity index (χ0v) is 15.3. The molecule has 0 unspecified atom stereocenters. The van der Waals surface area contributed by atoms with E-state index in [1.165, 1.54) is 0 Å². The molecule has 1 aliphatic carbocycles. The van der Waals surface area contributed by atoms with Gasteiger partial charge in [0.2, 0.25) is 0 Å². The minimum absolute atomic E-state index is 0.0805. The van der Waals surface area contributed by atoms with Crippen LogP contribution in [0.2, 0.25) is 0 Å². The first-order valence-electron chi connectivity index (χ1n) is 9.17. The highest BCUT2D eigenvalue weighted by molar-refractivity contribution is 6.07. The molecule has 1 aromatic rings. The standard InChI is InChI=1S/C19H24N2O6/c1-2-26-16(23)13-5-7-15(8-6-13)27-12-14(22)11-21-17(24)19(20-18(21)25)9-3-4-10-19/h5-8,14,22H,2-4,9-12H2,1H3,(H,20,25)/t14-/m1/s1. The van der Waals surface area contributed by atoms with Crippen molar-refractivity contribution in [1.29, 1.82) is 0 Å². The van der Waals surface area contributed by atoms with Crippen molar-refractivity contribution in [3.63, 3.8) is 0 Å². The third-order valence-corrected chi connectivity index (χ3v) is 4.90. The number of aliphatic hydroxyl groups is 1. The maximum atomic E-state index is 12.6. The molecule has 1 spiro atoms. The van der Waals surface area contributed by atoms with Gasteiger partial charge in [-0.15, -0.1) is 0 Å². The number of imide groups is 1. The van der Waals surface area contributed by atoms with Gasteiger partial charge in [0.1, 0.15) is 24.0 Å². The molecule has 3 amide bonds. The van der Waals surface area contributed by atoms with Crippen LogP contribution in [-0.4, -0.2) is 59.3 Å². The third-order valence-electron chi connectivity index (χ3n) is 4.90. The first-order chi connectivity index (χ1) is 12.9. The predicted molar refractivity (Wildman–Crippen MR) is 95.3 cm³/mol. The molecule has 2 N–H and O–H groups in total. The molecule has 146 valence electrons. The number of esters is 1. The van der Waals surface area contributed by atoms with Crippen LogP contribution in [-0.2, 0) is 9.53 Å². The SMILES string of the molecule is CCOC(=O)c1ccc(OC[C@H](O)CN2C(=O)NC3(CCCC3)C2=O)cc1. The molecule has 27 heavy (non-hydrogen) atoms. The molecule has 0 radical (unpaired) electrons. The van der Waals surface area contributed by atoms with E-state index in [1.807, 2.05) is 0 Å². The fraction of sp³-hybridized carbons (Fsp3) is 0.526. The van der Waals surface area contributed by atoms with E-state index in [0.29, 0.717) is 30.8 Å². The number of nitrogens with zero attached hydrogens (tertiary/aromatic N) is 1. The maximum absolute atomic E-state index is 12.6. The van der Waals surface area contributed by atoms with Gasteiger partial charge in [-0.05, 0) is 44.0 Å². The summed E-state index contributed by atoms with van der Waals surface area (Å²) in [6.07, 6.45) is 2.10. The van der Waals surface area contributed by atoms with Gasteiger partial charge in [0.15, 0.2) is 0 Å². The summed E-state index contributed by atoms with van der Waals surface area (Å²) >= 11 is 0. The van der Waals surface area contributed by atoms with E-state index in [1.54, 1.807) is 31.2 Å². The molecular formula is C19H24N2O6. The number of amides is 3. The summed E-state index contributed by atoms with van der Waals surface area (Å²) in [6.45, 7) is 1.83. The number of hydrogen-bond acceptors (Lipinski definition) is 6. The summed E-state index contributed by atoms with van der Waals surface area (Å²) in [4.78, 5) is 37.3. The lowest BCUT2D eigenvalue weighted by Gasteiger charge is -2.21. The monoisotopic (exact) mass is 376 g/mol. The molecule has 1 heterocycles. The smallest absolute Gasteiger partial charge is 0.338 e. The number of hydrogen-bond donors (Lipinski definition) is 2. The number of benzene rings is 1. The number of ether oxygens (including phenoxy) is 2. The van der Waals surface area contributed by atoms with Crippen LogP contribution in [0, 0.1) is 0 Å². The van der Waals surface area contributed by atoms with Gasteiger partial charge in [0.05, 0.1) is 18.7 Å². The number of β-amino-alcohol motifs (C(OH)–C–C–N with tert-alkyl or cyclic N) is 1. The average Bonchev–Trinajstić information content (AvgIpc) is 3.21. The molecule has 1 aliphatic heterocycles. The fourth-order valence-corrected chi connectivity index (χ4v) is 3.52. The third kappa shape index (κ3) is 4.05. The predicted octanol–water partition coefficient (Wildman–Crippen LogP) is 1.47. The van der Waals surface area contributed by atoms with Crippen LogP contribution < -0.4 is 10.1 Å². The largest absolute Gasteiger partial charge is 0.491 e. The molecule has 1 atom stereocenters. The number of urea groups is 1. The first kappa shape index (κ1) is 19.2. The number of aliphatic hydroxyl groups excluding tert-OH is 1. The molecule has 2 aliphatic rings. The van der Waals surface area contributed by atoms with Crippen LogP contribution in [0.4, 0.5) is 4.79 Å². The molecular weight excluding hydrogens is 352 g/mol. The van der Waals surface area contributed by atoms with E-state index < -0.39 is 23.6 Å². The molecule has 8 nitrogen and oxygen atoms in total. The lowest BCUT2D eigenvalue weighted by atomic mass is 9.98. The molecule has 8 heteroatoms. The second-order valence-electron chi connectivity index (χ2n) is 6.84. The molecule has 0 bridgehead atoms. The van der Waals surface area contributed by atoms with E-state index in [-0.39, 0.29) is 19.1 Å². The van der Waals surface area contributed by atoms with Crippen molar-refractivity contribution in [1.82, 2.24) is 10.2 Å². The van der Waals surface area contributed by atoms with Gasteiger partial charge in [-0.25, -0.2) is 9.59 Å². The van der Waals surface area contributed by atoms with Crippen molar-refractivity contribution in [3.8, 4) is 5.75 Å². The van der Waals surface area contributed by atoms with E-state index in [4.69, 9.17) is 9.47 Å². The zero-order chi connectivity index (χ0) is 19.4. The highest BCUT2D eigenvalue weighted by atomic mass is 16.5. The summed E-state index contributed by atoms with van der Waals surface area (Å²) < 4.78 is 10.4. The summed E-state index contributed by atoms with van der Waals surface area (Å²) in [6, 6.07) is 5.88. The Hall–Kier alpha value is -2.61. The van der Waals surface area contributed by atoms with Crippen molar-refractivity contribution in [2.45, 2.75) is 44.2 Å². The van der Waals surface area contributed by atoms with Gasteiger partial charge >= 0.3 is 12.0 Å². The van der Waals surface area contributed by atoms with E-state index in [9.17, 15) is 19.5 Å². The summed E-state index contributed by atoms with van der Waals surface area (Å²) in [7, 11) is 0. The van der Waals surface area contributed by atoms with Crippen LogP contribution in [0.5, 0.6) is 5.75 Å². The number of carbonyl (C=O) groups excluding carboxylic acids is 3. The summed E-state index contributed by atoms with van der Waals surface area (Å²) in [5.74, 6) is -0.210. The normalized spacial score (nSPS) is 19.3. The second kappa shape index (κ2) is 7.96. The Morgan fingerprint density at radius 2 is 1.93 bits per heavy atom. The lowest BCUT2D eigenvalue weighted by Crippen LogP contribution is -2.45. The summed E-state index contributed by atoms with van der Waals surface area (Å²) in [5.41, 5.74) is -0.369. The Morgan fingerprint density at radius 3 is 2.56 bits per heavy atom. The van der Waals surface area contributed by atoms with E-state index in [0.717, 1.165) is 17.7 Å². The molecule has 0 aromatic heterocycles. The van der Waals surface area contributed by atoms with Crippen molar-refractivity contribution < 1.29 is 29.0 Å². The van der Waals surface area contributed by atoms with Gasteiger partial charge in [0, 0.05) is 0 Å². The average molecular weight is 376 g/mol. The molecule has 1 aromatic carbocycles. The van der Waals surface area contributed by atoms with Crippen LogP contribution >= 0.6 is 0 Å². The summed E-state index contributed by atoms with van der Waals surface area (Å²) in [5, 5.41) is 13.0. The van der Waals surface area contributed by atoms with Crippen molar-refractivity contribution in [3.05, 3.63) is 29.8 Å². The Morgan fingerprint density at radius 1 is 1.26 bits per heavy atom. The zero-order valence-electron chi connectivity index (χ0n) is 15.3. The Bertz CT molecular complexity index is 711. The molecule has 1 saturated carbocycles. The minimum atomic E-state index is -1.01. The topological polar surface area (TPSA) is 105 Å². The van der Waals surface area contributed by atoms with Gasteiger partial charge < -0.3 is 19.9 Å². The fourth-order valence-electron chi connectivity index (χ4n) is 3.52. The highest BCUT2D eigenvalue weighted by Crippen LogP contribution is 2.35.